The van der Waals surface area contributed by atoms with E-state index in [-0.39, 0.29) is 0 Å². The van der Waals surface area contributed by atoms with Crippen molar-refractivity contribution < 1.29 is 4.42 Å². The topological polar surface area (TPSA) is 65.7 Å². The monoisotopic (exact) mass is 535 g/mol. The summed E-state index contributed by atoms with van der Waals surface area (Å²) in [6.45, 7) is 0. The van der Waals surface area contributed by atoms with Gasteiger partial charge in [-0.3, -0.25) is 0 Å². The molecule has 0 N–H and O–H groups in total. The molecule has 0 bridgehead atoms. The van der Waals surface area contributed by atoms with Crippen molar-refractivity contribution in [2.45, 2.75) is 0 Å². The zero-order valence-corrected chi connectivity index (χ0v) is 22.4. The van der Waals surface area contributed by atoms with Gasteiger partial charge >= 0.3 is 0 Å². The van der Waals surface area contributed by atoms with Crippen LogP contribution in [0.25, 0.3) is 71.7 Å². The van der Waals surface area contributed by atoms with Crippen LogP contribution in [0, 0.1) is 22.7 Å². The van der Waals surface area contributed by atoms with E-state index in [0.29, 0.717) is 11.1 Å². The van der Waals surface area contributed by atoms with E-state index in [0.717, 1.165) is 60.9 Å². The zero-order valence-electron chi connectivity index (χ0n) is 22.4. The Balaban J connectivity index is 1.42. The fourth-order valence-electron chi connectivity index (χ4n) is 6.26. The average molecular weight is 536 g/mol. The lowest BCUT2D eigenvalue weighted by molar-refractivity contribution is 0.669. The van der Waals surface area contributed by atoms with Crippen LogP contribution in [0.1, 0.15) is 11.1 Å². The van der Waals surface area contributed by atoms with Gasteiger partial charge in [-0.25, -0.2) is 0 Å². The number of rotatable bonds is 3. The zero-order chi connectivity index (χ0) is 28.2. The van der Waals surface area contributed by atoms with Crippen molar-refractivity contribution in [3.8, 4) is 40.1 Å². The molecule has 0 amide bonds. The normalized spacial score (nSPS) is 11.3. The minimum Gasteiger partial charge on any atom is -0.456 e. The standard InChI is InChI=1S/C38H21N3O/c39-22-24-16-18-36-31(20-24)32-21-25(17-19-37(32)42-36)38-26(23-40)8-7-12-30(38)29-11-3-6-15-35(29)41-33-13-4-1-9-27(33)28-10-2-5-14-34(28)41/h1-21H. The van der Waals surface area contributed by atoms with Crippen molar-refractivity contribution in [3.05, 3.63) is 139 Å². The van der Waals surface area contributed by atoms with E-state index in [4.69, 9.17) is 4.42 Å². The summed E-state index contributed by atoms with van der Waals surface area (Å²) in [6.07, 6.45) is 0. The van der Waals surface area contributed by atoms with Gasteiger partial charge in [-0.15, -0.1) is 0 Å². The van der Waals surface area contributed by atoms with E-state index in [1.807, 2.05) is 42.5 Å². The molecule has 4 heteroatoms. The molecule has 0 aliphatic rings. The molecule has 8 aromatic rings. The van der Waals surface area contributed by atoms with E-state index in [1.165, 1.54) is 10.8 Å². The molecule has 4 nitrogen and oxygen atoms in total. The van der Waals surface area contributed by atoms with Crippen LogP contribution in [0.5, 0.6) is 0 Å². The summed E-state index contributed by atoms with van der Waals surface area (Å²) in [5, 5.41) is 24.0. The number of hydrogen-bond donors (Lipinski definition) is 0. The van der Waals surface area contributed by atoms with Gasteiger partial charge < -0.3 is 8.98 Å². The summed E-state index contributed by atoms with van der Waals surface area (Å²) in [5.74, 6) is 0. The number of furan rings is 1. The SMILES string of the molecule is N#Cc1ccc2oc3ccc(-c4c(C#N)cccc4-c4ccccc4-n4c5ccccc5c5ccccc54)cc3c2c1. The quantitative estimate of drug-likeness (QED) is 0.226. The molecule has 0 saturated carbocycles. The molecule has 2 aromatic heterocycles. The Bertz CT molecular complexity index is 2390. The molecule has 0 spiro atoms. The fourth-order valence-corrected chi connectivity index (χ4v) is 6.26. The lowest BCUT2D eigenvalue weighted by Crippen LogP contribution is -1.99. The summed E-state index contributed by atoms with van der Waals surface area (Å²) < 4.78 is 8.40. The molecule has 0 atom stereocenters. The molecule has 0 fully saturated rings. The minimum atomic E-state index is 0.578. The van der Waals surface area contributed by atoms with E-state index in [2.05, 4.69) is 95.6 Å². The van der Waals surface area contributed by atoms with Crippen LogP contribution in [0.3, 0.4) is 0 Å². The second-order valence-corrected chi connectivity index (χ2v) is 10.4. The van der Waals surface area contributed by atoms with Gasteiger partial charge in [0.05, 0.1) is 40.0 Å². The summed E-state index contributed by atoms with van der Waals surface area (Å²) in [7, 11) is 0. The average Bonchev–Trinajstić information content (AvgIpc) is 3.59. The third kappa shape index (κ3) is 3.47. The van der Waals surface area contributed by atoms with Crippen LogP contribution in [0.4, 0.5) is 0 Å². The number of nitriles is 2. The maximum Gasteiger partial charge on any atom is 0.135 e. The Morgan fingerprint density at radius 2 is 1.17 bits per heavy atom. The number of fused-ring (bicyclic) bond motifs is 6. The van der Waals surface area contributed by atoms with Gasteiger partial charge in [-0.1, -0.05) is 72.8 Å². The van der Waals surface area contributed by atoms with E-state index >= 15 is 0 Å². The molecule has 194 valence electrons. The Hall–Kier alpha value is -6.10. The Morgan fingerprint density at radius 1 is 0.524 bits per heavy atom. The molecule has 0 aliphatic heterocycles. The molecular formula is C38H21N3O. The van der Waals surface area contributed by atoms with Crippen LogP contribution in [0.2, 0.25) is 0 Å². The molecule has 0 radical (unpaired) electrons. The Kier molecular flexibility index (Phi) is 5.22. The smallest absolute Gasteiger partial charge is 0.135 e. The van der Waals surface area contributed by atoms with Crippen LogP contribution in [-0.2, 0) is 0 Å². The molecule has 0 unspecified atom stereocenters. The van der Waals surface area contributed by atoms with Crippen LogP contribution in [0.15, 0.2) is 132 Å². The number of hydrogen-bond acceptors (Lipinski definition) is 3. The maximum atomic E-state index is 10.3. The lowest BCUT2D eigenvalue weighted by Gasteiger charge is -2.18. The van der Waals surface area contributed by atoms with Crippen molar-refractivity contribution in [3.63, 3.8) is 0 Å². The van der Waals surface area contributed by atoms with Gasteiger partial charge in [-0.2, -0.15) is 10.5 Å². The highest BCUT2D eigenvalue weighted by molar-refractivity contribution is 6.10. The molecular weight excluding hydrogens is 514 g/mol. The highest BCUT2D eigenvalue weighted by Gasteiger charge is 2.20. The number of aromatic nitrogens is 1. The van der Waals surface area contributed by atoms with Gasteiger partial charge in [0, 0.05) is 32.7 Å². The Morgan fingerprint density at radius 3 is 1.90 bits per heavy atom. The first-order chi connectivity index (χ1) is 20.7. The van der Waals surface area contributed by atoms with Crippen LogP contribution < -0.4 is 0 Å². The molecule has 0 aliphatic carbocycles. The van der Waals surface area contributed by atoms with Gasteiger partial charge in [0.1, 0.15) is 11.2 Å². The van der Waals surface area contributed by atoms with Gasteiger partial charge in [0.2, 0.25) is 0 Å². The van der Waals surface area contributed by atoms with Crippen molar-refractivity contribution in [2.24, 2.45) is 0 Å². The predicted octanol–water partition coefficient (Wildman–Crippen LogP) is 9.76. The number of para-hydroxylation sites is 3. The molecule has 6 aromatic carbocycles. The minimum absolute atomic E-state index is 0.578. The summed E-state index contributed by atoms with van der Waals surface area (Å²) >= 11 is 0. The van der Waals surface area contributed by atoms with E-state index in [9.17, 15) is 10.5 Å². The first kappa shape index (κ1) is 23.8. The first-order valence-electron chi connectivity index (χ1n) is 13.7. The molecule has 8 rings (SSSR count). The van der Waals surface area contributed by atoms with E-state index in [1.54, 1.807) is 6.07 Å². The first-order valence-corrected chi connectivity index (χ1v) is 13.7. The van der Waals surface area contributed by atoms with Crippen molar-refractivity contribution in [1.29, 1.82) is 10.5 Å². The number of nitrogens with zero attached hydrogens (tertiary/aromatic N) is 3. The van der Waals surface area contributed by atoms with Gasteiger partial charge in [0.25, 0.3) is 0 Å². The molecule has 0 saturated heterocycles. The highest BCUT2D eigenvalue weighted by Crippen LogP contribution is 2.42. The third-order valence-electron chi connectivity index (χ3n) is 8.09. The van der Waals surface area contributed by atoms with Gasteiger partial charge in [-0.05, 0) is 65.7 Å². The molecule has 2 heterocycles. The van der Waals surface area contributed by atoms with Crippen molar-refractivity contribution >= 4 is 43.7 Å². The second kappa shape index (κ2) is 9.24. The highest BCUT2D eigenvalue weighted by atomic mass is 16.3. The van der Waals surface area contributed by atoms with Crippen LogP contribution >= 0.6 is 0 Å². The Labute approximate surface area is 241 Å². The maximum absolute atomic E-state index is 10.3. The predicted molar refractivity (Wildman–Crippen MR) is 168 cm³/mol. The fraction of sp³-hybridized carbons (Fsp3) is 0. The lowest BCUT2D eigenvalue weighted by atomic mass is 9.89. The van der Waals surface area contributed by atoms with Crippen molar-refractivity contribution in [1.82, 2.24) is 4.57 Å². The largest absolute Gasteiger partial charge is 0.456 e. The summed E-state index contributed by atoms with van der Waals surface area (Å²) in [4.78, 5) is 0. The second-order valence-electron chi connectivity index (χ2n) is 10.4. The third-order valence-corrected chi connectivity index (χ3v) is 8.09. The van der Waals surface area contributed by atoms with Crippen molar-refractivity contribution in [2.75, 3.05) is 0 Å². The van der Waals surface area contributed by atoms with E-state index < -0.39 is 0 Å². The molecule has 42 heavy (non-hydrogen) atoms. The summed E-state index contributed by atoms with van der Waals surface area (Å²) in [5.41, 5.74) is 9.71. The number of benzene rings is 6. The van der Waals surface area contributed by atoms with Gasteiger partial charge in [0.15, 0.2) is 0 Å². The van der Waals surface area contributed by atoms with Crippen LogP contribution in [-0.4, -0.2) is 4.57 Å². The summed E-state index contributed by atoms with van der Waals surface area (Å²) in [6, 6.07) is 47.4.